The van der Waals surface area contributed by atoms with Gasteiger partial charge in [0.1, 0.15) is 12.6 Å². The molecule has 0 spiro atoms. The molecule has 0 aliphatic heterocycles. The number of sulfonamides is 1. The molecule has 0 fully saturated rings. The highest BCUT2D eigenvalue weighted by molar-refractivity contribution is 7.92. The number of carbonyl (C=O) groups excluding carboxylic acids is 2. The lowest BCUT2D eigenvalue weighted by Gasteiger charge is -2.32. The zero-order valence-corrected chi connectivity index (χ0v) is 23.4. The van der Waals surface area contributed by atoms with Crippen LogP contribution < -0.4 is 9.62 Å². The van der Waals surface area contributed by atoms with Crippen molar-refractivity contribution in [3.05, 3.63) is 93.5 Å². The van der Waals surface area contributed by atoms with Crippen LogP contribution in [0.25, 0.3) is 0 Å². The van der Waals surface area contributed by atoms with Crippen LogP contribution in [-0.2, 0) is 26.2 Å². The number of hydrogen-bond acceptors (Lipinski definition) is 4. The summed E-state index contributed by atoms with van der Waals surface area (Å²) in [5.41, 5.74) is 2.78. The highest BCUT2D eigenvalue weighted by Gasteiger charge is 2.32. The van der Waals surface area contributed by atoms with Crippen molar-refractivity contribution in [2.45, 2.75) is 38.3 Å². The maximum absolute atomic E-state index is 13.8. The molecule has 0 aromatic heterocycles. The normalized spacial score (nSPS) is 12.1. The Bertz CT molecular complexity index is 1400. The highest BCUT2D eigenvalue weighted by atomic mass is 35.5. The minimum absolute atomic E-state index is 0.0183. The second kappa shape index (κ2) is 12.0. The van der Waals surface area contributed by atoms with E-state index in [-0.39, 0.29) is 11.4 Å². The van der Waals surface area contributed by atoms with Gasteiger partial charge >= 0.3 is 0 Å². The number of halogens is 2. The van der Waals surface area contributed by atoms with Crippen molar-refractivity contribution in [2.75, 3.05) is 17.9 Å². The molecule has 1 N–H and O–H groups in total. The third-order valence-corrected chi connectivity index (χ3v) is 8.53. The topological polar surface area (TPSA) is 86.8 Å². The Kier molecular flexibility index (Phi) is 9.23. The number of benzene rings is 3. The van der Waals surface area contributed by atoms with Crippen molar-refractivity contribution in [1.29, 1.82) is 0 Å². The molecule has 37 heavy (non-hydrogen) atoms. The van der Waals surface area contributed by atoms with Crippen LogP contribution in [0.3, 0.4) is 0 Å². The average Bonchev–Trinajstić information content (AvgIpc) is 2.88. The molecule has 1 atom stereocenters. The number of rotatable bonds is 9. The molecule has 3 aromatic carbocycles. The molecule has 0 heterocycles. The maximum atomic E-state index is 13.8. The van der Waals surface area contributed by atoms with E-state index < -0.39 is 34.4 Å². The molecule has 0 unspecified atom stereocenters. The van der Waals surface area contributed by atoms with Crippen molar-refractivity contribution >= 4 is 50.7 Å². The first-order valence-corrected chi connectivity index (χ1v) is 13.7. The number of nitrogens with one attached hydrogen (secondary N) is 1. The fraction of sp³-hybridized carbons (Fsp3) is 0.259. The lowest BCUT2D eigenvalue weighted by molar-refractivity contribution is -0.139. The smallest absolute Gasteiger partial charge is 0.264 e. The van der Waals surface area contributed by atoms with Gasteiger partial charge in [-0.1, -0.05) is 53.5 Å². The van der Waals surface area contributed by atoms with Crippen molar-refractivity contribution in [1.82, 2.24) is 10.2 Å². The first kappa shape index (κ1) is 28.5. The summed E-state index contributed by atoms with van der Waals surface area (Å²) >= 11 is 12.4. The molecule has 0 aliphatic rings. The van der Waals surface area contributed by atoms with Crippen LogP contribution >= 0.6 is 23.2 Å². The Morgan fingerprint density at radius 1 is 0.946 bits per heavy atom. The molecular weight excluding hydrogens is 533 g/mol. The van der Waals surface area contributed by atoms with E-state index in [4.69, 9.17) is 23.2 Å². The number of amides is 2. The Hall–Kier alpha value is -3.07. The largest absolute Gasteiger partial charge is 0.357 e. The lowest BCUT2D eigenvalue weighted by Crippen LogP contribution is -2.50. The average molecular weight is 563 g/mol. The lowest BCUT2D eigenvalue weighted by atomic mass is 10.1. The van der Waals surface area contributed by atoms with Gasteiger partial charge in [-0.15, -0.1) is 0 Å². The first-order valence-electron chi connectivity index (χ1n) is 11.6. The van der Waals surface area contributed by atoms with Gasteiger partial charge in [0, 0.05) is 23.6 Å². The van der Waals surface area contributed by atoms with Crippen LogP contribution in [0.2, 0.25) is 10.0 Å². The third-order valence-electron chi connectivity index (χ3n) is 6.16. The molecule has 0 saturated carbocycles. The summed E-state index contributed by atoms with van der Waals surface area (Å²) in [5, 5.41) is 3.31. The fourth-order valence-electron chi connectivity index (χ4n) is 3.75. The highest BCUT2D eigenvalue weighted by Crippen LogP contribution is 2.27. The number of hydrogen-bond donors (Lipinski definition) is 1. The summed E-state index contributed by atoms with van der Waals surface area (Å²) in [4.78, 5) is 27.7. The summed E-state index contributed by atoms with van der Waals surface area (Å²) in [6.45, 7) is 4.83. The van der Waals surface area contributed by atoms with Gasteiger partial charge in [-0.25, -0.2) is 8.42 Å². The second-order valence-electron chi connectivity index (χ2n) is 8.64. The first-order chi connectivity index (χ1) is 17.4. The predicted octanol–water partition coefficient (Wildman–Crippen LogP) is 4.97. The molecule has 0 radical (unpaired) electrons. The summed E-state index contributed by atoms with van der Waals surface area (Å²) < 4.78 is 28.5. The summed E-state index contributed by atoms with van der Waals surface area (Å²) in [6.07, 6.45) is 0. The Labute approximate surface area is 228 Å². The molecule has 10 heteroatoms. The number of carbonyl (C=O) groups is 2. The number of nitrogens with zero attached hydrogens (tertiary/aromatic N) is 2. The zero-order chi connectivity index (χ0) is 27.3. The van der Waals surface area contributed by atoms with Gasteiger partial charge in [0.15, 0.2) is 0 Å². The van der Waals surface area contributed by atoms with Gasteiger partial charge in [-0.2, -0.15) is 0 Å². The number of likely N-dealkylation sites (N-methyl/N-ethyl adjacent to an activating group) is 1. The van der Waals surface area contributed by atoms with Crippen molar-refractivity contribution < 1.29 is 18.0 Å². The van der Waals surface area contributed by atoms with Crippen molar-refractivity contribution in [3.8, 4) is 0 Å². The molecule has 2 amide bonds. The van der Waals surface area contributed by atoms with Gasteiger partial charge in [0.25, 0.3) is 10.0 Å². The minimum Gasteiger partial charge on any atom is -0.357 e. The molecule has 7 nitrogen and oxygen atoms in total. The number of aryl methyl sites for hydroxylation is 2. The monoisotopic (exact) mass is 561 g/mol. The standard InChI is InChI=1S/C27H29Cl2N3O4S/c1-18-10-13-23(14-19(18)2)32(37(35,36)24-8-6-5-7-9-24)17-26(33)31(20(3)27(34)30-4)16-21-11-12-22(28)15-25(21)29/h5-15,20H,16-17H2,1-4H3,(H,30,34)/t20-/m0/s1. The SMILES string of the molecule is CNC(=O)[C@H](C)N(Cc1ccc(Cl)cc1Cl)C(=O)CN(c1ccc(C)c(C)c1)S(=O)(=O)c1ccccc1. The van der Waals surface area contributed by atoms with E-state index in [9.17, 15) is 18.0 Å². The van der Waals surface area contributed by atoms with Crippen LogP contribution in [-0.4, -0.2) is 44.8 Å². The van der Waals surface area contributed by atoms with E-state index in [0.29, 0.717) is 21.3 Å². The zero-order valence-electron chi connectivity index (χ0n) is 21.0. The van der Waals surface area contributed by atoms with E-state index >= 15 is 0 Å². The van der Waals surface area contributed by atoms with Gasteiger partial charge < -0.3 is 10.2 Å². The molecule has 0 saturated heterocycles. The Morgan fingerprint density at radius 3 is 2.22 bits per heavy atom. The van der Waals surface area contributed by atoms with Crippen molar-refractivity contribution in [2.24, 2.45) is 0 Å². The van der Waals surface area contributed by atoms with Gasteiger partial charge in [-0.3, -0.25) is 13.9 Å². The van der Waals surface area contributed by atoms with Crippen LogP contribution in [0.1, 0.15) is 23.6 Å². The number of anilines is 1. The molecular formula is C27H29Cl2N3O4S. The third kappa shape index (κ3) is 6.63. The summed E-state index contributed by atoms with van der Waals surface area (Å²) in [5.74, 6) is -0.970. The second-order valence-corrected chi connectivity index (χ2v) is 11.3. The summed E-state index contributed by atoms with van der Waals surface area (Å²) in [7, 11) is -2.64. The van der Waals surface area contributed by atoms with Gasteiger partial charge in [-0.05, 0) is 73.9 Å². The molecule has 0 aliphatic carbocycles. The predicted molar refractivity (Wildman–Crippen MR) is 147 cm³/mol. The molecule has 0 bridgehead atoms. The van der Waals surface area contributed by atoms with E-state index in [2.05, 4.69) is 5.32 Å². The molecule has 3 rings (SSSR count). The quantitative estimate of drug-likeness (QED) is 0.399. The minimum atomic E-state index is -4.11. The molecule has 3 aromatic rings. The van der Waals surface area contributed by atoms with E-state index in [1.807, 2.05) is 13.8 Å². The fourth-order valence-corrected chi connectivity index (χ4v) is 5.65. The Balaban J connectivity index is 2.06. The van der Waals surface area contributed by atoms with Crippen LogP contribution in [0.5, 0.6) is 0 Å². The van der Waals surface area contributed by atoms with Crippen LogP contribution in [0, 0.1) is 13.8 Å². The van der Waals surface area contributed by atoms with Gasteiger partial charge in [0.2, 0.25) is 11.8 Å². The molecule has 196 valence electrons. The van der Waals surface area contributed by atoms with E-state index in [1.165, 1.54) is 24.1 Å². The van der Waals surface area contributed by atoms with Gasteiger partial charge in [0.05, 0.1) is 10.6 Å². The maximum Gasteiger partial charge on any atom is 0.264 e. The van der Waals surface area contributed by atoms with Crippen LogP contribution in [0.15, 0.2) is 71.6 Å². The van der Waals surface area contributed by atoms with Crippen LogP contribution in [0.4, 0.5) is 5.69 Å². The van der Waals surface area contributed by atoms with E-state index in [0.717, 1.165) is 15.4 Å². The van der Waals surface area contributed by atoms with E-state index in [1.54, 1.807) is 61.5 Å². The van der Waals surface area contributed by atoms with Crippen molar-refractivity contribution in [3.63, 3.8) is 0 Å². The summed E-state index contributed by atoms with van der Waals surface area (Å²) in [6, 6.07) is 17.1. The Morgan fingerprint density at radius 2 is 1.62 bits per heavy atom.